The Bertz CT molecular complexity index is 382. The highest BCUT2D eigenvalue weighted by Gasteiger charge is 2.11. The molecular weight excluding hydrogens is 210 g/mol. The molecule has 1 unspecified atom stereocenters. The molecule has 1 aromatic rings. The van der Waals surface area contributed by atoms with Gasteiger partial charge >= 0.3 is 0 Å². The van der Waals surface area contributed by atoms with Gasteiger partial charge in [0, 0.05) is 25.9 Å². The monoisotopic (exact) mass is 225 g/mol. The summed E-state index contributed by atoms with van der Waals surface area (Å²) in [6.07, 6.45) is 1.55. The zero-order valence-electron chi connectivity index (χ0n) is 9.03. The predicted molar refractivity (Wildman–Crippen MR) is 58.8 cm³/mol. The van der Waals surface area contributed by atoms with Gasteiger partial charge in [0.15, 0.2) is 0 Å². The Morgan fingerprint density at radius 3 is 2.94 bits per heavy atom. The molecule has 0 aliphatic carbocycles. The van der Waals surface area contributed by atoms with Gasteiger partial charge in [-0.3, -0.25) is 9.59 Å². The van der Waals surface area contributed by atoms with Crippen LogP contribution in [-0.4, -0.2) is 30.6 Å². The number of hydrogen-bond acceptors (Lipinski definition) is 4. The number of aromatic nitrogens is 1. The van der Waals surface area contributed by atoms with Crippen LogP contribution < -0.4 is 16.6 Å². The Kier molecular flexibility index (Phi) is 4.68. The molecule has 0 aromatic carbocycles. The van der Waals surface area contributed by atoms with Crippen LogP contribution in [0.3, 0.4) is 0 Å². The number of ether oxygens (including phenoxy) is 1. The average molecular weight is 225 g/mol. The van der Waals surface area contributed by atoms with Gasteiger partial charge < -0.3 is 20.8 Å². The number of rotatable bonds is 5. The number of pyridine rings is 1. The van der Waals surface area contributed by atoms with E-state index in [2.05, 4.69) is 10.3 Å². The second-order valence-electron chi connectivity index (χ2n) is 3.34. The van der Waals surface area contributed by atoms with Gasteiger partial charge in [0.25, 0.3) is 0 Å². The largest absolute Gasteiger partial charge is 0.383 e. The fourth-order valence-corrected chi connectivity index (χ4v) is 1.13. The molecule has 16 heavy (non-hydrogen) atoms. The van der Waals surface area contributed by atoms with Gasteiger partial charge in [0.05, 0.1) is 6.61 Å². The normalized spacial score (nSPS) is 12.1. The first kappa shape index (κ1) is 12.4. The lowest BCUT2D eigenvalue weighted by Gasteiger charge is -2.10. The summed E-state index contributed by atoms with van der Waals surface area (Å²) in [5.41, 5.74) is 6.15. The van der Waals surface area contributed by atoms with Gasteiger partial charge in [-0.1, -0.05) is 6.07 Å². The average Bonchev–Trinajstić information content (AvgIpc) is 2.28. The van der Waals surface area contributed by atoms with Crippen molar-refractivity contribution >= 4 is 5.91 Å². The molecule has 1 aromatic heterocycles. The molecule has 6 nitrogen and oxygen atoms in total. The van der Waals surface area contributed by atoms with E-state index in [1.807, 2.05) is 0 Å². The first-order valence-corrected chi connectivity index (χ1v) is 4.83. The van der Waals surface area contributed by atoms with Crippen LogP contribution in [0.2, 0.25) is 0 Å². The van der Waals surface area contributed by atoms with Crippen LogP contribution in [0.25, 0.3) is 0 Å². The summed E-state index contributed by atoms with van der Waals surface area (Å²) >= 11 is 0. The topological polar surface area (TPSA) is 97.2 Å². The van der Waals surface area contributed by atoms with E-state index >= 15 is 0 Å². The van der Waals surface area contributed by atoms with Crippen LogP contribution in [0.5, 0.6) is 0 Å². The molecule has 6 heteroatoms. The maximum Gasteiger partial charge on any atom is 0.247 e. The number of carbonyl (C=O) groups excluding carboxylic acids is 1. The maximum absolute atomic E-state index is 11.4. The molecule has 88 valence electrons. The lowest BCUT2D eigenvalue weighted by molar-refractivity contribution is -0.123. The van der Waals surface area contributed by atoms with Crippen LogP contribution in [-0.2, 0) is 16.1 Å². The van der Waals surface area contributed by atoms with Crippen molar-refractivity contribution in [2.75, 3.05) is 13.7 Å². The van der Waals surface area contributed by atoms with Crippen LogP contribution in [0.4, 0.5) is 0 Å². The number of methoxy groups -OCH3 is 1. The molecule has 1 amide bonds. The lowest BCUT2D eigenvalue weighted by Crippen LogP contribution is -2.43. The minimum Gasteiger partial charge on any atom is -0.383 e. The van der Waals surface area contributed by atoms with Crippen LogP contribution in [0.1, 0.15) is 5.56 Å². The number of nitrogens with one attached hydrogen (secondary N) is 2. The molecule has 0 spiro atoms. The standard InChI is InChI=1S/C10H15N3O3/c1-16-6-8(11)10(15)13-5-7-2-3-9(14)12-4-7/h2-4,8H,5-6,11H2,1H3,(H,12,14)(H,13,15). The van der Waals surface area contributed by atoms with Crippen molar-refractivity contribution in [1.29, 1.82) is 0 Å². The van der Waals surface area contributed by atoms with Gasteiger partial charge in [0.2, 0.25) is 11.5 Å². The van der Waals surface area contributed by atoms with E-state index in [9.17, 15) is 9.59 Å². The summed E-state index contributed by atoms with van der Waals surface area (Å²) in [4.78, 5) is 24.7. The fourth-order valence-electron chi connectivity index (χ4n) is 1.13. The first-order chi connectivity index (χ1) is 7.63. The summed E-state index contributed by atoms with van der Waals surface area (Å²) in [5, 5.41) is 2.64. The first-order valence-electron chi connectivity index (χ1n) is 4.83. The smallest absolute Gasteiger partial charge is 0.247 e. The predicted octanol–water partition coefficient (Wildman–Crippen LogP) is -1.04. The van der Waals surface area contributed by atoms with E-state index in [1.54, 1.807) is 12.3 Å². The quantitative estimate of drug-likeness (QED) is 0.596. The highest BCUT2D eigenvalue weighted by atomic mass is 16.5. The second kappa shape index (κ2) is 6.04. The van der Waals surface area contributed by atoms with Crippen LogP contribution in [0.15, 0.2) is 23.1 Å². The Labute approximate surface area is 92.8 Å². The summed E-state index contributed by atoms with van der Waals surface area (Å²) in [6.45, 7) is 0.504. The maximum atomic E-state index is 11.4. The van der Waals surface area contributed by atoms with Gasteiger partial charge in [-0.15, -0.1) is 0 Å². The fraction of sp³-hybridized carbons (Fsp3) is 0.400. The number of carbonyl (C=O) groups is 1. The van der Waals surface area contributed by atoms with Gasteiger partial charge in [-0.25, -0.2) is 0 Å². The zero-order chi connectivity index (χ0) is 12.0. The molecule has 0 fully saturated rings. The minimum absolute atomic E-state index is 0.175. The van der Waals surface area contributed by atoms with Crippen molar-refractivity contribution < 1.29 is 9.53 Å². The molecule has 0 aliphatic heterocycles. The highest BCUT2D eigenvalue weighted by Crippen LogP contribution is 1.92. The van der Waals surface area contributed by atoms with E-state index in [0.29, 0.717) is 6.54 Å². The summed E-state index contributed by atoms with van der Waals surface area (Å²) in [7, 11) is 1.48. The number of aromatic amines is 1. The van der Waals surface area contributed by atoms with E-state index in [0.717, 1.165) is 5.56 Å². The number of hydrogen-bond donors (Lipinski definition) is 3. The molecule has 0 saturated heterocycles. The second-order valence-corrected chi connectivity index (χ2v) is 3.34. The minimum atomic E-state index is -0.673. The lowest BCUT2D eigenvalue weighted by atomic mass is 10.2. The van der Waals surface area contributed by atoms with Crippen molar-refractivity contribution in [2.24, 2.45) is 5.73 Å². The number of nitrogens with two attached hydrogens (primary N) is 1. The van der Waals surface area contributed by atoms with E-state index in [4.69, 9.17) is 10.5 Å². The number of H-pyrrole nitrogens is 1. The molecule has 1 rings (SSSR count). The van der Waals surface area contributed by atoms with Gasteiger partial charge in [-0.2, -0.15) is 0 Å². The van der Waals surface area contributed by atoms with Crippen molar-refractivity contribution in [3.8, 4) is 0 Å². The summed E-state index contributed by atoms with van der Waals surface area (Å²) in [6, 6.07) is 2.37. The Morgan fingerprint density at radius 1 is 1.62 bits per heavy atom. The molecule has 1 heterocycles. The van der Waals surface area contributed by atoms with Crippen molar-refractivity contribution in [3.63, 3.8) is 0 Å². The summed E-state index contributed by atoms with van der Waals surface area (Å²) < 4.78 is 4.76. The van der Waals surface area contributed by atoms with Crippen LogP contribution >= 0.6 is 0 Å². The van der Waals surface area contributed by atoms with E-state index in [1.165, 1.54) is 13.2 Å². The van der Waals surface area contributed by atoms with Crippen molar-refractivity contribution in [2.45, 2.75) is 12.6 Å². The van der Waals surface area contributed by atoms with Gasteiger partial charge in [0.1, 0.15) is 6.04 Å². The SMILES string of the molecule is COCC(N)C(=O)NCc1ccc(=O)[nH]c1. The molecular formula is C10H15N3O3. The third kappa shape index (κ3) is 3.84. The van der Waals surface area contributed by atoms with E-state index in [-0.39, 0.29) is 18.1 Å². The molecule has 0 aliphatic rings. The highest BCUT2D eigenvalue weighted by molar-refractivity contribution is 5.81. The van der Waals surface area contributed by atoms with Gasteiger partial charge in [-0.05, 0) is 5.56 Å². The van der Waals surface area contributed by atoms with E-state index < -0.39 is 6.04 Å². The zero-order valence-corrected chi connectivity index (χ0v) is 9.03. The third-order valence-corrected chi connectivity index (χ3v) is 2.00. The Hall–Kier alpha value is -1.66. The molecule has 0 bridgehead atoms. The van der Waals surface area contributed by atoms with Crippen molar-refractivity contribution in [1.82, 2.24) is 10.3 Å². The molecule has 1 atom stereocenters. The van der Waals surface area contributed by atoms with Crippen molar-refractivity contribution in [3.05, 3.63) is 34.2 Å². The molecule has 4 N–H and O–H groups in total. The molecule has 0 saturated carbocycles. The summed E-state index contributed by atoms with van der Waals surface area (Å²) in [5.74, 6) is -0.284. The Balaban J connectivity index is 2.42. The third-order valence-electron chi connectivity index (χ3n) is 2.00. The van der Waals surface area contributed by atoms with Crippen LogP contribution in [0, 0.1) is 0 Å². The Morgan fingerprint density at radius 2 is 2.38 bits per heavy atom. The molecule has 0 radical (unpaired) electrons. The number of amides is 1.